The van der Waals surface area contributed by atoms with E-state index in [0.717, 1.165) is 11.0 Å². The number of para-hydroxylation sites is 1. The number of anilines is 1. The number of alkyl halides is 3. The number of benzene rings is 1. The molecule has 1 fully saturated rings. The van der Waals surface area contributed by atoms with Gasteiger partial charge in [0.2, 0.25) is 0 Å². The Morgan fingerprint density at radius 2 is 2.04 bits per heavy atom. The molecule has 24 heavy (non-hydrogen) atoms. The highest BCUT2D eigenvalue weighted by atomic mass is 19.4. The maximum absolute atomic E-state index is 13.8. The Kier molecular flexibility index (Phi) is 4.75. The van der Waals surface area contributed by atoms with E-state index in [1.54, 1.807) is 18.2 Å². The zero-order valence-corrected chi connectivity index (χ0v) is 12.9. The standard InChI is InChI=1S/C16H18F4N4/c17-13-3-1-2-4-14(13)23-7-5-12(10-23)22-9-15-21-6-8-24(15)11-16(18,19)20/h1-4,6,8,12,22H,5,7,9-11H2. The third kappa shape index (κ3) is 4.05. The van der Waals surface area contributed by atoms with Gasteiger partial charge in [-0.25, -0.2) is 9.37 Å². The first kappa shape index (κ1) is 16.8. The summed E-state index contributed by atoms with van der Waals surface area (Å²) < 4.78 is 52.4. The van der Waals surface area contributed by atoms with Gasteiger partial charge in [0, 0.05) is 31.5 Å². The van der Waals surface area contributed by atoms with Gasteiger partial charge in [0.1, 0.15) is 18.2 Å². The van der Waals surface area contributed by atoms with Crippen molar-refractivity contribution >= 4 is 5.69 Å². The molecule has 1 aliphatic heterocycles. The van der Waals surface area contributed by atoms with Crippen LogP contribution in [-0.4, -0.2) is 34.9 Å². The summed E-state index contributed by atoms with van der Waals surface area (Å²) in [6, 6.07) is 6.66. The van der Waals surface area contributed by atoms with Gasteiger partial charge in [0.25, 0.3) is 0 Å². The van der Waals surface area contributed by atoms with Crippen molar-refractivity contribution in [3.05, 3.63) is 48.3 Å². The lowest BCUT2D eigenvalue weighted by atomic mass is 10.2. The van der Waals surface area contributed by atoms with Crippen LogP contribution in [0.25, 0.3) is 0 Å². The minimum atomic E-state index is -4.27. The molecule has 1 atom stereocenters. The maximum atomic E-state index is 13.8. The van der Waals surface area contributed by atoms with Crippen LogP contribution in [0.3, 0.4) is 0 Å². The molecule has 4 nitrogen and oxygen atoms in total. The van der Waals surface area contributed by atoms with E-state index in [4.69, 9.17) is 0 Å². The monoisotopic (exact) mass is 342 g/mol. The van der Waals surface area contributed by atoms with E-state index in [-0.39, 0.29) is 18.4 Å². The topological polar surface area (TPSA) is 33.1 Å². The van der Waals surface area contributed by atoms with Crippen LogP contribution in [0.5, 0.6) is 0 Å². The zero-order valence-electron chi connectivity index (χ0n) is 12.9. The second-order valence-electron chi connectivity index (χ2n) is 5.85. The van der Waals surface area contributed by atoms with Crippen molar-refractivity contribution in [1.29, 1.82) is 0 Å². The molecule has 1 saturated heterocycles. The van der Waals surface area contributed by atoms with Gasteiger partial charge in [0.15, 0.2) is 0 Å². The van der Waals surface area contributed by atoms with E-state index >= 15 is 0 Å². The summed E-state index contributed by atoms with van der Waals surface area (Å²) >= 11 is 0. The van der Waals surface area contributed by atoms with Crippen molar-refractivity contribution in [1.82, 2.24) is 14.9 Å². The van der Waals surface area contributed by atoms with Gasteiger partial charge < -0.3 is 14.8 Å². The first-order chi connectivity index (χ1) is 11.4. The molecule has 1 aliphatic rings. The number of hydrogen-bond donors (Lipinski definition) is 1. The number of aromatic nitrogens is 2. The minimum absolute atomic E-state index is 0.0839. The molecular formula is C16H18F4N4. The Hall–Kier alpha value is -2.09. The molecule has 0 aliphatic carbocycles. The smallest absolute Gasteiger partial charge is 0.368 e. The maximum Gasteiger partial charge on any atom is 0.406 e. The summed E-state index contributed by atoms with van der Waals surface area (Å²) in [6.45, 7) is 0.519. The Bertz CT molecular complexity index is 683. The summed E-state index contributed by atoms with van der Waals surface area (Å²) in [4.78, 5) is 5.92. The number of hydrogen-bond acceptors (Lipinski definition) is 3. The van der Waals surface area contributed by atoms with Crippen molar-refractivity contribution < 1.29 is 17.6 Å². The molecule has 0 radical (unpaired) electrons. The highest BCUT2D eigenvalue weighted by Gasteiger charge is 2.29. The van der Waals surface area contributed by atoms with E-state index in [1.807, 2.05) is 4.90 Å². The van der Waals surface area contributed by atoms with Gasteiger partial charge in [0.05, 0.1) is 12.2 Å². The molecule has 130 valence electrons. The molecule has 3 rings (SSSR count). The lowest BCUT2D eigenvalue weighted by Crippen LogP contribution is -2.33. The first-order valence-electron chi connectivity index (χ1n) is 7.72. The molecule has 0 bridgehead atoms. The zero-order chi connectivity index (χ0) is 17.2. The van der Waals surface area contributed by atoms with Crippen LogP contribution in [0, 0.1) is 5.82 Å². The molecule has 1 aromatic heterocycles. The minimum Gasteiger partial charge on any atom is -0.368 e. The van der Waals surface area contributed by atoms with Crippen LogP contribution in [-0.2, 0) is 13.1 Å². The molecule has 2 aromatic rings. The van der Waals surface area contributed by atoms with Gasteiger partial charge in [-0.1, -0.05) is 12.1 Å². The van der Waals surface area contributed by atoms with E-state index in [0.29, 0.717) is 24.6 Å². The first-order valence-corrected chi connectivity index (χ1v) is 7.72. The third-order valence-corrected chi connectivity index (χ3v) is 4.08. The molecule has 2 heterocycles. The van der Waals surface area contributed by atoms with Gasteiger partial charge in [-0.2, -0.15) is 13.2 Å². The predicted octanol–water partition coefficient (Wildman–Crippen LogP) is 2.95. The Labute approximate surface area is 137 Å². The van der Waals surface area contributed by atoms with Crippen molar-refractivity contribution in [2.24, 2.45) is 0 Å². The van der Waals surface area contributed by atoms with Gasteiger partial charge in [-0.15, -0.1) is 0 Å². The Morgan fingerprint density at radius 3 is 2.79 bits per heavy atom. The molecular weight excluding hydrogens is 324 g/mol. The van der Waals surface area contributed by atoms with Crippen LogP contribution >= 0.6 is 0 Å². The number of halogens is 4. The van der Waals surface area contributed by atoms with E-state index in [1.165, 1.54) is 18.5 Å². The lowest BCUT2D eigenvalue weighted by molar-refractivity contribution is -0.141. The second-order valence-corrected chi connectivity index (χ2v) is 5.85. The summed E-state index contributed by atoms with van der Waals surface area (Å²) in [5.41, 5.74) is 0.556. The second kappa shape index (κ2) is 6.80. The van der Waals surface area contributed by atoms with Crippen LogP contribution in [0.4, 0.5) is 23.2 Å². The fourth-order valence-electron chi connectivity index (χ4n) is 2.93. The molecule has 8 heteroatoms. The van der Waals surface area contributed by atoms with Crippen LogP contribution in [0.15, 0.2) is 36.7 Å². The highest BCUT2D eigenvalue weighted by molar-refractivity contribution is 5.48. The number of imidazole rings is 1. The average Bonchev–Trinajstić information content (AvgIpc) is 3.13. The Morgan fingerprint density at radius 1 is 1.25 bits per heavy atom. The van der Waals surface area contributed by atoms with E-state index in [9.17, 15) is 17.6 Å². The van der Waals surface area contributed by atoms with Crippen LogP contribution in [0.2, 0.25) is 0 Å². The van der Waals surface area contributed by atoms with Crippen molar-refractivity contribution in [3.8, 4) is 0 Å². The van der Waals surface area contributed by atoms with Crippen LogP contribution in [0.1, 0.15) is 12.2 Å². The van der Waals surface area contributed by atoms with Gasteiger partial charge >= 0.3 is 6.18 Å². The normalized spacial score (nSPS) is 18.3. The lowest BCUT2D eigenvalue weighted by Gasteiger charge is -2.19. The third-order valence-electron chi connectivity index (χ3n) is 4.08. The van der Waals surface area contributed by atoms with E-state index in [2.05, 4.69) is 10.3 Å². The summed E-state index contributed by atoms with van der Waals surface area (Å²) in [5, 5.41) is 3.21. The summed E-state index contributed by atoms with van der Waals surface area (Å²) in [6.07, 6.45) is -0.785. The number of nitrogens with one attached hydrogen (secondary N) is 1. The van der Waals surface area contributed by atoms with Crippen molar-refractivity contribution in [3.63, 3.8) is 0 Å². The number of rotatable bonds is 5. The fraction of sp³-hybridized carbons (Fsp3) is 0.438. The molecule has 1 aromatic carbocycles. The van der Waals surface area contributed by atoms with Crippen LogP contribution < -0.4 is 10.2 Å². The molecule has 1 unspecified atom stereocenters. The molecule has 0 spiro atoms. The number of nitrogens with zero attached hydrogens (tertiary/aromatic N) is 3. The van der Waals surface area contributed by atoms with Gasteiger partial charge in [-0.3, -0.25) is 0 Å². The van der Waals surface area contributed by atoms with E-state index < -0.39 is 12.7 Å². The average molecular weight is 342 g/mol. The quantitative estimate of drug-likeness (QED) is 0.848. The molecule has 0 amide bonds. The van der Waals surface area contributed by atoms with Crippen molar-refractivity contribution in [2.45, 2.75) is 31.7 Å². The predicted molar refractivity (Wildman–Crippen MR) is 82.1 cm³/mol. The molecule has 0 saturated carbocycles. The summed E-state index contributed by atoms with van der Waals surface area (Å²) in [7, 11) is 0. The fourth-order valence-corrected chi connectivity index (χ4v) is 2.93. The largest absolute Gasteiger partial charge is 0.406 e. The summed E-state index contributed by atoms with van der Waals surface area (Å²) in [5.74, 6) is 0.0792. The SMILES string of the molecule is Fc1ccccc1N1CCC(NCc2nccn2CC(F)(F)F)C1. The highest BCUT2D eigenvalue weighted by Crippen LogP contribution is 2.23. The van der Waals surface area contributed by atoms with Crippen molar-refractivity contribution in [2.75, 3.05) is 18.0 Å². The molecule has 1 N–H and O–H groups in total. The van der Waals surface area contributed by atoms with Gasteiger partial charge in [-0.05, 0) is 18.6 Å². The Balaban J connectivity index is 1.56.